The predicted molar refractivity (Wildman–Crippen MR) is 126 cm³/mol. The fourth-order valence-corrected chi connectivity index (χ4v) is 6.31. The van der Waals surface area contributed by atoms with E-state index in [2.05, 4.69) is 19.1 Å². The lowest BCUT2D eigenvalue weighted by Crippen LogP contribution is -2.45. The van der Waals surface area contributed by atoms with Crippen molar-refractivity contribution in [2.45, 2.75) is 88.4 Å². The quantitative estimate of drug-likeness (QED) is 0.200. The van der Waals surface area contributed by atoms with Crippen molar-refractivity contribution in [3.05, 3.63) is 24.3 Å². The zero-order valence-electron chi connectivity index (χ0n) is 18.9. The van der Waals surface area contributed by atoms with Crippen LogP contribution in [0.25, 0.3) is 0 Å². The Morgan fingerprint density at radius 3 is 2.65 bits per heavy atom. The Hall–Kier alpha value is -1.11. The van der Waals surface area contributed by atoms with Crippen molar-refractivity contribution >= 4 is 23.5 Å². The molecule has 3 N–H and O–H groups in total. The van der Waals surface area contributed by atoms with Gasteiger partial charge in [-0.25, -0.2) is 4.79 Å². The Morgan fingerprint density at radius 1 is 1.13 bits per heavy atom. The molecule has 2 aliphatic rings. The molecule has 0 aromatic carbocycles. The van der Waals surface area contributed by atoms with Gasteiger partial charge in [-0.1, -0.05) is 44.4 Å². The van der Waals surface area contributed by atoms with Crippen LogP contribution in [0.15, 0.2) is 24.3 Å². The number of ketones is 1. The van der Waals surface area contributed by atoms with Crippen molar-refractivity contribution in [1.82, 2.24) is 0 Å². The summed E-state index contributed by atoms with van der Waals surface area (Å²) >= 11 is 1.84. The van der Waals surface area contributed by atoms with E-state index in [1.807, 2.05) is 17.8 Å². The Bertz CT molecular complexity index is 631. The first-order valence-corrected chi connectivity index (χ1v) is 13.0. The summed E-state index contributed by atoms with van der Waals surface area (Å²) < 4.78 is 0. The van der Waals surface area contributed by atoms with Crippen LogP contribution in [0.2, 0.25) is 0 Å². The van der Waals surface area contributed by atoms with Crippen molar-refractivity contribution in [2.24, 2.45) is 17.8 Å². The van der Waals surface area contributed by atoms with E-state index in [0.29, 0.717) is 29.9 Å². The van der Waals surface area contributed by atoms with Gasteiger partial charge in [0, 0.05) is 11.0 Å². The molecule has 0 aromatic heterocycles. The highest BCUT2D eigenvalue weighted by Crippen LogP contribution is 2.42. The maximum absolute atomic E-state index is 12.6. The van der Waals surface area contributed by atoms with Crippen LogP contribution >= 0.6 is 11.8 Å². The van der Waals surface area contributed by atoms with Gasteiger partial charge in [0.05, 0.1) is 12.5 Å². The molecule has 0 radical (unpaired) electrons. The number of aliphatic hydroxyl groups excluding tert-OH is 1. The fourth-order valence-electron chi connectivity index (χ4n) is 5.06. The highest BCUT2D eigenvalue weighted by molar-refractivity contribution is 7.99. The molecule has 2 saturated carbocycles. The summed E-state index contributed by atoms with van der Waals surface area (Å²) in [7, 11) is 0. The van der Waals surface area contributed by atoms with E-state index in [4.69, 9.17) is 0 Å². The lowest BCUT2D eigenvalue weighted by atomic mass is 9.86. The molecule has 5 atom stereocenters. The van der Waals surface area contributed by atoms with E-state index in [0.717, 1.165) is 31.4 Å². The lowest BCUT2D eigenvalue weighted by Gasteiger charge is -2.23. The number of carbonyl (C=O) groups excluding carboxylic acids is 1. The molecule has 0 saturated heterocycles. The maximum Gasteiger partial charge on any atom is 0.336 e. The summed E-state index contributed by atoms with van der Waals surface area (Å²) in [6, 6.07) is 0. The van der Waals surface area contributed by atoms with Crippen LogP contribution in [0.1, 0.15) is 77.6 Å². The zero-order valence-corrected chi connectivity index (χ0v) is 19.7. The first kappa shape index (κ1) is 26.1. The lowest BCUT2D eigenvalue weighted by molar-refractivity contribution is -0.164. The molecule has 2 fully saturated rings. The van der Waals surface area contributed by atoms with Gasteiger partial charge in [-0.3, -0.25) is 4.79 Å². The molecule has 2 rings (SSSR count). The van der Waals surface area contributed by atoms with E-state index >= 15 is 0 Å². The zero-order chi connectivity index (χ0) is 22.7. The van der Waals surface area contributed by atoms with Crippen LogP contribution in [0.3, 0.4) is 0 Å². The standard InChI is InChI=1S/C25H40O5S/c1-2-3-4-5-6-7-11-20-19(14-15-23(20)31-18-17-26)10-8-13-22(27)21-12-9-16-25(21,30)24(28)29/h7-8,11,13,19-21,23,26,30H,2-6,9-10,12,14-18H2,1H3,(H,28,29)/t19-,20+,21?,23+,25?/m0/s1. The number of thioether (sulfide) groups is 1. The van der Waals surface area contributed by atoms with Gasteiger partial charge in [-0.05, 0) is 69.3 Å². The Morgan fingerprint density at radius 2 is 1.94 bits per heavy atom. The average Bonchev–Trinajstić information content (AvgIpc) is 3.33. The van der Waals surface area contributed by atoms with Crippen LogP contribution in [0.4, 0.5) is 0 Å². The number of hydrogen-bond donors (Lipinski definition) is 3. The van der Waals surface area contributed by atoms with Crippen LogP contribution in [-0.2, 0) is 9.59 Å². The molecule has 6 heteroatoms. The molecule has 0 amide bonds. The number of unbranched alkanes of at least 4 members (excludes halogenated alkanes) is 4. The van der Waals surface area contributed by atoms with E-state index in [1.165, 1.54) is 31.8 Å². The predicted octanol–water partition coefficient (Wildman–Crippen LogP) is 4.76. The number of carboxylic acids is 1. The fraction of sp³-hybridized carbons (Fsp3) is 0.760. The number of carboxylic acid groups (broad SMARTS) is 1. The van der Waals surface area contributed by atoms with Crippen molar-refractivity contribution in [2.75, 3.05) is 12.4 Å². The normalized spacial score (nSPS) is 31.2. The summed E-state index contributed by atoms with van der Waals surface area (Å²) in [5, 5.41) is 29.4. The Labute approximate surface area is 191 Å². The van der Waals surface area contributed by atoms with Gasteiger partial charge in [-0.15, -0.1) is 0 Å². The summed E-state index contributed by atoms with van der Waals surface area (Å²) in [4.78, 5) is 24.0. The molecule has 0 spiro atoms. The average molecular weight is 453 g/mol. The molecule has 2 aliphatic carbocycles. The number of aliphatic carboxylic acids is 1. The number of carbonyl (C=O) groups is 2. The molecule has 176 valence electrons. The molecule has 31 heavy (non-hydrogen) atoms. The maximum atomic E-state index is 12.6. The van der Waals surface area contributed by atoms with Gasteiger partial charge in [0.2, 0.25) is 0 Å². The Kier molecular flexibility index (Phi) is 11.3. The SMILES string of the molecule is CCCCCCC=C[C@@H]1[C@@H](CC=CC(=O)C2CCCC2(O)C(=O)O)CC[C@H]1SCCO. The van der Waals surface area contributed by atoms with Crippen molar-refractivity contribution in [1.29, 1.82) is 0 Å². The van der Waals surface area contributed by atoms with Gasteiger partial charge in [0.15, 0.2) is 11.4 Å². The molecule has 0 aromatic rings. The van der Waals surface area contributed by atoms with E-state index in [1.54, 1.807) is 0 Å². The summed E-state index contributed by atoms with van der Waals surface area (Å²) in [5.41, 5.74) is -1.91. The molecular weight excluding hydrogens is 412 g/mol. The minimum atomic E-state index is -1.91. The summed E-state index contributed by atoms with van der Waals surface area (Å²) in [6.07, 6.45) is 18.3. The number of allylic oxidation sites excluding steroid dienone is 4. The molecule has 5 nitrogen and oxygen atoms in total. The second-order valence-corrected chi connectivity index (χ2v) is 10.4. The van der Waals surface area contributed by atoms with Crippen molar-refractivity contribution in [3.63, 3.8) is 0 Å². The molecule has 0 heterocycles. The van der Waals surface area contributed by atoms with Crippen molar-refractivity contribution in [3.8, 4) is 0 Å². The van der Waals surface area contributed by atoms with Gasteiger partial charge < -0.3 is 15.3 Å². The first-order chi connectivity index (χ1) is 14.9. The summed E-state index contributed by atoms with van der Waals surface area (Å²) in [5.74, 6) is -0.757. The largest absolute Gasteiger partial charge is 0.479 e. The van der Waals surface area contributed by atoms with E-state index in [-0.39, 0.29) is 18.8 Å². The van der Waals surface area contributed by atoms with Crippen molar-refractivity contribution < 1.29 is 24.9 Å². The van der Waals surface area contributed by atoms with Crippen LogP contribution < -0.4 is 0 Å². The first-order valence-electron chi connectivity index (χ1n) is 12.0. The molecule has 2 unspecified atom stereocenters. The van der Waals surface area contributed by atoms with Gasteiger partial charge >= 0.3 is 5.97 Å². The highest BCUT2D eigenvalue weighted by atomic mass is 32.2. The van der Waals surface area contributed by atoms with Gasteiger partial charge in [0.1, 0.15) is 0 Å². The topological polar surface area (TPSA) is 94.8 Å². The minimum absolute atomic E-state index is 0.143. The Balaban J connectivity index is 1.93. The van der Waals surface area contributed by atoms with E-state index in [9.17, 15) is 24.9 Å². The third kappa shape index (κ3) is 7.47. The highest BCUT2D eigenvalue weighted by Gasteiger charge is 2.50. The number of rotatable bonds is 14. The number of aliphatic hydroxyl groups is 2. The number of hydrogen-bond acceptors (Lipinski definition) is 5. The molecule has 0 aliphatic heterocycles. The second kappa shape index (κ2) is 13.4. The summed E-state index contributed by atoms with van der Waals surface area (Å²) in [6.45, 7) is 2.41. The van der Waals surface area contributed by atoms with Crippen LogP contribution in [-0.4, -0.2) is 50.3 Å². The van der Waals surface area contributed by atoms with Gasteiger partial charge in [-0.2, -0.15) is 11.8 Å². The van der Waals surface area contributed by atoms with Gasteiger partial charge in [0.25, 0.3) is 0 Å². The monoisotopic (exact) mass is 452 g/mol. The molecule has 0 bridgehead atoms. The molecular formula is C25H40O5S. The van der Waals surface area contributed by atoms with Crippen LogP contribution in [0, 0.1) is 17.8 Å². The third-order valence-electron chi connectivity index (χ3n) is 6.86. The van der Waals surface area contributed by atoms with E-state index < -0.39 is 17.5 Å². The smallest absolute Gasteiger partial charge is 0.336 e. The van der Waals surface area contributed by atoms with Crippen LogP contribution in [0.5, 0.6) is 0 Å². The second-order valence-electron chi connectivity index (χ2n) is 9.04. The minimum Gasteiger partial charge on any atom is -0.479 e. The third-order valence-corrected chi connectivity index (χ3v) is 8.26.